The lowest BCUT2D eigenvalue weighted by Gasteiger charge is -2.15. The van der Waals surface area contributed by atoms with Crippen LogP contribution >= 0.6 is 11.3 Å². The normalized spacial score (nSPS) is 11.5. The van der Waals surface area contributed by atoms with Gasteiger partial charge in [-0.05, 0) is 40.6 Å². The summed E-state index contributed by atoms with van der Waals surface area (Å²) in [6.45, 7) is -1.99. The molecule has 2 aromatic rings. The second-order valence-electron chi connectivity index (χ2n) is 4.76. The summed E-state index contributed by atoms with van der Waals surface area (Å²) in [5.41, 5.74) is 1.69. The molecule has 0 unspecified atom stereocenters. The molecule has 0 atom stereocenters. The molecule has 1 aromatic heterocycles. The predicted molar refractivity (Wildman–Crippen MR) is 91.0 cm³/mol. The molecular weight excluding hydrogens is 336 g/mol. The molecular formula is C16H19F2N3O2S. The monoisotopic (exact) mass is 355 g/mol. The number of nitrogens with one attached hydrogen (secondary N) is 2. The van der Waals surface area contributed by atoms with E-state index in [1.165, 1.54) is 13.2 Å². The number of alkyl halides is 2. The summed E-state index contributed by atoms with van der Waals surface area (Å²) in [5, 5.41) is 10.3. The number of hydrogen-bond donors (Lipinski definition) is 2. The molecule has 8 heteroatoms. The van der Waals surface area contributed by atoms with E-state index in [1.807, 2.05) is 16.8 Å². The third-order valence-corrected chi connectivity index (χ3v) is 3.93. The standard InChI is InChI=1S/C16H19F2N3O2S/c1-19-16(20-8-11-5-6-24-10-11)21-9-12-7-13(22-2)3-4-14(12)23-15(17)18/h3-7,10,15H,8-9H2,1-2H3,(H2,19,20,21). The molecule has 0 aliphatic rings. The smallest absolute Gasteiger partial charge is 0.387 e. The number of methoxy groups -OCH3 is 1. The van der Waals surface area contributed by atoms with Gasteiger partial charge < -0.3 is 20.1 Å². The Hall–Kier alpha value is -2.35. The molecule has 5 nitrogen and oxygen atoms in total. The Bertz CT molecular complexity index is 663. The summed E-state index contributed by atoms with van der Waals surface area (Å²) in [4.78, 5) is 4.11. The minimum atomic E-state index is -2.88. The number of guanidine groups is 1. The molecule has 0 aliphatic heterocycles. The second kappa shape index (κ2) is 9.07. The summed E-state index contributed by atoms with van der Waals surface area (Å²) in [6.07, 6.45) is 0. The van der Waals surface area contributed by atoms with E-state index in [4.69, 9.17) is 4.74 Å². The van der Waals surface area contributed by atoms with Gasteiger partial charge >= 0.3 is 6.61 Å². The van der Waals surface area contributed by atoms with Crippen LogP contribution in [0, 0.1) is 0 Å². The highest BCUT2D eigenvalue weighted by molar-refractivity contribution is 7.07. The van der Waals surface area contributed by atoms with Gasteiger partial charge in [-0.25, -0.2) is 0 Å². The number of hydrogen-bond acceptors (Lipinski definition) is 4. The van der Waals surface area contributed by atoms with Crippen LogP contribution in [0.15, 0.2) is 40.0 Å². The first-order valence-corrected chi connectivity index (χ1v) is 8.14. The molecule has 0 fully saturated rings. The van der Waals surface area contributed by atoms with Crippen LogP contribution in [0.25, 0.3) is 0 Å². The third kappa shape index (κ3) is 5.38. The minimum absolute atomic E-state index is 0.103. The lowest BCUT2D eigenvalue weighted by Crippen LogP contribution is -2.36. The van der Waals surface area contributed by atoms with Crippen LogP contribution in [0.1, 0.15) is 11.1 Å². The molecule has 2 rings (SSSR count). The van der Waals surface area contributed by atoms with Crippen LogP contribution in [0.3, 0.4) is 0 Å². The number of nitrogens with zero attached hydrogens (tertiary/aromatic N) is 1. The number of halogens is 2. The number of rotatable bonds is 7. The maximum atomic E-state index is 12.5. The van der Waals surface area contributed by atoms with Gasteiger partial charge in [0.1, 0.15) is 11.5 Å². The van der Waals surface area contributed by atoms with E-state index < -0.39 is 6.61 Å². The van der Waals surface area contributed by atoms with Crippen molar-refractivity contribution in [3.05, 3.63) is 46.2 Å². The summed E-state index contributed by atoms with van der Waals surface area (Å²) in [6, 6.07) is 6.70. The Morgan fingerprint density at radius 2 is 2.04 bits per heavy atom. The van der Waals surface area contributed by atoms with Gasteiger partial charge in [0.05, 0.1) is 7.11 Å². The lowest BCUT2D eigenvalue weighted by atomic mass is 10.2. The van der Waals surface area contributed by atoms with Crippen molar-refractivity contribution >= 4 is 17.3 Å². The number of aliphatic imine (C=N–C) groups is 1. The molecule has 0 spiro atoms. The van der Waals surface area contributed by atoms with Crippen molar-refractivity contribution < 1.29 is 18.3 Å². The van der Waals surface area contributed by atoms with E-state index in [0.717, 1.165) is 5.56 Å². The maximum absolute atomic E-state index is 12.5. The minimum Gasteiger partial charge on any atom is -0.497 e. The van der Waals surface area contributed by atoms with Crippen molar-refractivity contribution in [2.75, 3.05) is 14.2 Å². The molecule has 0 saturated heterocycles. The van der Waals surface area contributed by atoms with Crippen molar-refractivity contribution in [1.82, 2.24) is 10.6 Å². The van der Waals surface area contributed by atoms with Gasteiger partial charge in [-0.2, -0.15) is 20.1 Å². The Labute approximate surface area is 143 Å². The quantitative estimate of drug-likeness (QED) is 0.591. The van der Waals surface area contributed by atoms with E-state index in [2.05, 4.69) is 20.4 Å². The van der Waals surface area contributed by atoms with Gasteiger partial charge in [0, 0.05) is 25.7 Å². The summed E-state index contributed by atoms with van der Waals surface area (Å²) >= 11 is 1.62. The fourth-order valence-corrected chi connectivity index (χ4v) is 2.68. The van der Waals surface area contributed by atoms with Crippen LogP contribution in [0.2, 0.25) is 0 Å². The highest BCUT2D eigenvalue weighted by Crippen LogP contribution is 2.25. The highest BCUT2D eigenvalue weighted by Gasteiger charge is 2.11. The molecule has 2 N–H and O–H groups in total. The number of benzene rings is 1. The molecule has 0 bridgehead atoms. The van der Waals surface area contributed by atoms with Gasteiger partial charge in [-0.1, -0.05) is 0 Å². The van der Waals surface area contributed by atoms with Gasteiger partial charge in [-0.3, -0.25) is 4.99 Å². The van der Waals surface area contributed by atoms with E-state index >= 15 is 0 Å². The van der Waals surface area contributed by atoms with Crippen LogP contribution in [-0.2, 0) is 13.1 Å². The van der Waals surface area contributed by atoms with Crippen LogP contribution in [0.4, 0.5) is 8.78 Å². The first kappa shape index (κ1) is 18.0. The Morgan fingerprint density at radius 1 is 1.25 bits per heavy atom. The Morgan fingerprint density at radius 3 is 2.67 bits per heavy atom. The average molecular weight is 355 g/mol. The molecule has 1 heterocycles. The Balaban J connectivity index is 2.00. The van der Waals surface area contributed by atoms with Crippen LogP contribution in [0.5, 0.6) is 11.5 Å². The SMILES string of the molecule is CN=C(NCc1ccsc1)NCc1cc(OC)ccc1OC(F)F. The van der Waals surface area contributed by atoms with Crippen molar-refractivity contribution in [3.8, 4) is 11.5 Å². The van der Waals surface area contributed by atoms with E-state index in [0.29, 0.717) is 23.8 Å². The van der Waals surface area contributed by atoms with Crippen molar-refractivity contribution in [3.63, 3.8) is 0 Å². The fourth-order valence-electron chi connectivity index (χ4n) is 2.01. The van der Waals surface area contributed by atoms with Crippen LogP contribution < -0.4 is 20.1 Å². The van der Waals surface area contributed by atoms with E-state index in [9.17, 15) is 8.78 Å². The van der Waals surface area contributed by atoms with Crippen molar-refractivity contribution in [2.24, 2.45) is 4.99 Å². The lowest BCUT2D eigenvalue weighted by molar-refractivity contribution is -0.0504. The molecule has 0 saturated carbocycles. The number of ether oxygens (including phenoxy) is 2. The zero-order chi connectivity index (χ0) is 17.4. The van der Waals surface area contributed by atoms with Gasteiger partial charge in [-0.15, -0.1) is 0 Å². The maximum Gasteiger partial charge on any atom is 0.387 e. The first-order valence-electron chi connectivity index (χ1n) is 7.19. The molecule has 24 heavy (non-hydrogen) atoms. The number of thiophene rings is 1. The molecule has 0 amide bonds. The summed E-state index contributed by atoms with van der Waals surface area (Å²) in [5.74, 6) is 1.23. The third-order valence-electron chi connectivity index (χ3n) is 3.19. The van der Waals surface area contributed by atoms with Gasteiger partial charge in [0.2, 0.25) is 0 Å². The predicted octanol–water partition coefficient (Wildman–Crippen LogP) is 3.22. The van der Waals surface area contributed by atoms with Crippen LogP contribution in [-0.4, -0.2) is 26.7 Å². The van der Waals surface area contributed by atoms with Crippen molar-refractivity contribution in [1.29, 1.82) is 0 Å². The highest BCUT2D eigenvalue weighted by atomic mass is 32.1. The second-order valence-corrected chi connectivity index (χ2v) is 5.54. The fraction of sp³-hybridized carbons (Fsp3) is 0.312. The van der Waals surface area contributed by atoms with E-state index in [1.54, 1.807) is 30.5 Å². The zero-order valence-corrected chi connectivity index (χ0v) is 14.2. The largest absolute Gasteiger partial charge is 0.497 e. The summed E-state index contributed by atoms with van der Waals surface area (Å²) < 4.78 is 34.7. The van der Waals surface area contributed by atoms with Gasteiger partial charge in [0.25, 0.3) is 0 Å². The average Bonchev–Trinajstić information content (AvgIpc) is 3.09. The first-order chi connectivity index (χ1) is 11.6. The van der Waals surface area contributed by atoms with Crippen molar-refractivity contribution in [2.45, 2.75) is 19.7 Å². The molecule has 0 aliphatic carbocycles. The summed E-state index contributed by atoms with van der Waals surface area (Å²) in [7, 11) is 3.16. The molecule has 130 valence electrons. The molecule has 0 radical (unpaired) electrons. The van der Waals surface area contributed by atoms with Gasteiger partial charge in [0.15, 0.2) is 5.96 Å². The molecule has 1 aromatic carbocycles. The zero-order valence-electron chi connectivity index (χ0n) is 13.4. The Kier molecular flexibility index (Phi) is 6.80. The van der Waals surface area contributed by atoms with E-state index in [-0.39, 0.29) is 12.3 Å². The topological polar surface area (TPSA) is 54.9 Å².